The highest BCUT2D eigenvalue weighted by Crippen LogP contribution is 2.42. The van der Waals surface area contributed by atoms with E-state index in [1.54, 1.807) is 131 Å². The molecule has 8 aromatic carbocycles. The lowest BCUT2D eigenvalue weighted by Crippen LogP contribution is -2.15. The average molecular weight is 2160 g/mol. The zero-order valence-corrected chi connectivity index (χ0v) is 94.0. The first-order valence-corrected chi connectivity index (χ1v) is 58.7. The minimum Gasteiger partial charge on any atom is -0.493 e. The number of alkyl halides is 3. The zero-order chi connectivity index (χ0) is 108. The van der Waals surface area contributed by atoms with E-state index in [1.807, 2.05) is 83.7 Å². The molecule has 0 radical (unpaired) electrons. The lowest BCUT2D eigenvalue weighted by molar-refractivity contribution is 0.174. The van der Waals surface area contributed by atoms with Gasteiger partial charge in [0, 0.05) is 58.2 Å². The molecule has 7 aliphatic rings. The summed E-state index contributed by atoms with van der Waals surface area (Å²) in [4.78, 5) is 3.74. The summed E-state index contributed by atoms with van der Waals surface area (Å²) >= 11 is 6.29. The predicted octanol–water partition coefficient (Wildman–Crippen LogP) is 36.5. The summed E-state index contributed by atoms with van der Waals surface area (Å²) in [7, 11) is 0. The minimum absolute atomic E-state index is 0.0421. The third-order valence-corrected chi connectivity index (χ3v) is 31.5. The second kappa shape index (κ2) is 68.1. The second-order valence-electron chi connectivity index (χ2n) is 39.7. The standard InChI is InChI=1S/C17H23F3O2.C17H24F2O2.C16H22F2O2.C16H23FO2.C16H23FOS.C15H21FO2.C14H19FOS.C9H11FS2/c1-2-3-6-12(18)11-21-14-9-10-15(17(20)16(14)19)22-13-7-4-5-8-13;1-3-14(18)11-21-15-8-9-16(17(19)12(15)2)20-10-13-6-4-5-7-13;1-3-12(17)10-19-14-8-9-15(16(18)11(14)2)20-13-6-4-5-7-13;1-3-4-11-18-14-9-10-15(16(17)12(14)2)19-13-7-5-6-8-13;1-11(2)19-15-9-8-14(16(17)12(15)3)18-10-13-6-4-5-7-13;1-3-17-13-8-9-14(15(16)11(13)2)18-10-12-6-4-5-7-12;1-10-13(17-2)8-7-12(14(10)15)16-9-11-5-3-4-6-11;1-6-7(11-2)4-5-8(12-3)9(6)10/h9-10,12-13H,2-8,11H2,1H3;8-9,13-14H,3-7,10-11H2,1-2H3;8-9,12-13H,3-7,10H2,1-2H3;9-10,13H,3-8,11H2,1-2H3;8-9,11,13H,4-7,10H2,1-3H3;8-9,12H,3-7,10H2,1-2H3;7-8,11H,3-6,9H2,1-2H3;4-5H,1-3H3. The Morgan fingerprint density at radius 2 is 0.514 bits per heavy atom. The average Bonchev–Trinajstić information content (AvgIpc) is 1.46. The molecule has 0 spiro atoms. The molecule has 28 heteroatoms. The van der Waals surface area contributed by atoms with E-state index in [2.05, 4.69) is 20.8 Å². The number of ether oxygens (including phenoxy) is 12. The van der Waals surface area contributed by atoms with Crippen molar-refractivity contribution in [3.63, 3.8) is 0 Å². The van der Waals surface area contributed by atoms with Gasteiger partial charge in [0.15, 0.2) is 80.9 Å². The molecule has 0 amide bonds. The van der Waals surface area contributed by atoms with E-state index in [4.69, 9.17) is 56.8 Å². The van der Waals surface area contributed by atoms with Crippen LogP contribution in [0.3, 0.4) is 0 Å². The van der Waals surface area contributed by atoms with Crippen molar-refractivity contribution in [3.8, 4) is 69.0 Å². The van der Waals surface area contributed by atoms with Crippen LogP contribution in [-0.2, 0) is 0 Å². The van der Waals surface area contributed by atoms with Crippen molar-refractivity contribution in [3.05, 3.63) is 188 Å². The molecule has 7 aliphatic carbocycles. The van der Waals surface area contributed by atoms with Crippen molar-refractivity contribution in [1.29, 1.82) is 0 Å². The molecule has 0 heterocycles. The molecular weight excluding hydrogens is 1990 g/mol. The Bertz CT molecular complexity index is 5140. The van der Waals surface area contributed by atoms with E-state index in [1.165, 1.54) is 127 Å². The van der Waals surface area contributed by atoms with E-state index in [0.717, 1.165) is 128 Å². The SMILES string of the molecule is CCC(F)COc1ccc(OC2CCCC2)c(F)c1C.CCC(F)COc1ccc(OCC2CCCC2)c(F)c1C.CCCCC(F)COc1ccc(OC2CCCC2)c(F)c1F.CCCCOc1ccc(OC2CCCC2)c(F)c1C.CCOc1ccc(OCC2CCCC2)c(F)c1C.CSc1ccc(OCC2CCCC2)c(F)c1C.CSc1ccc(SC)c(F)c1C.Cc1c(SC(C)C)ccc(OCC2CCCC2)c1F. The Balaban J connectivity index is 0.000000207. The Morgan fingerprint density at radius 3 is 0.851 bits per heavy atom. The number of benzene rings is 8. The number of thioether (sulfide) groups is 4. The fraction of sp³-hybridized carbons (Fsp3) is 0.600. The predicted molar refractivity (Wildman–Crippen MR) is 582 cm³/mol. The summed E-state index contributed by atoms with van der Waals surface area (Å²) in [5.74, 6) is 2.07. The highest BCUT2D eigenvalue weighted by atomic mass is 32.2. The summed E-state index contributed by atoms with van der Waals surface area (Å²) in [6.45, 7) is 29.3. The zero-order valence-electron chi connectivity index (χ0n) is 90.8. The Morgan fingerprint density at radius 1 is 0.264 bits per heavy atom. The molecule has 3 atom stereocenters. The quantitative estimate of drug-likeness (QED) is 0.0205. The third kappa shape index (κ3) is 41.4. The molecule has 7 fully saturated rings. The molecule has 148 heavy (non-hydrogen) atoms. The number of hydrogen-bond donors (Lipinski definition) is 0. The fourth-order valence-corrected chi connectivity index (χ4v) is 21.0. The van der Waals surface area contributed by atoms with Gasteiger partial charge in [-0.2, -0.15) is 8.78 Å². The van der Waals surface area contributed by atoms with Crippen LogP contribution in [0.2, 0.25) is 0 Å². The summed E-state index contributed by atoms with van der Waals surface area (Å²) in [6.07, 6.45) is 40.0. The van der Waals surface area contributed by atoms with E-state index >= 15 is 0 Å². The van der Waals surface area contributed by atoms with Gasteiger partial charge in [-0.3, -0.25) is 0 Å². The van der Waals surface area contributed by atoms with Crippen LogP contribution < -0.4 is 56.8 Å². The van der Waals surface area contributed by atoms with Gasteiger partial charge in [0.25, 0.3) is 0 Å². The smallest absolute Gasteiger partial charge is 0.204 e. The molecular formula is C120H166F12O12S4. The van der Waals surface area contributed by atoms with Crippen LogP contribution in [0.1, 0.15) is 312 Å². The minimum atomic E-state index is -1.17. The number of hydrogen-bond acceptors (Lipinski definition) is 16. The molecule has 3 unspecified atom stereocenters. The van der Waals surface area contributed by atoms with Crippen molar-refractivity contribution >= 4 is 47.0 Å². The van der Waals surface area contributed by atoms with E-state index in [-0.39, 0.29) is 90.2 Å². The second-order valence-corrected chi connectivity index (χ2v) is 43.9. The van der Waals surface area contributed by atoms with Crippen LogP contribution in [0, 0.1) is 124 Å². The van der Waals surface area contributed by atoms with Crippen molar-refractivity contribution in [1.82, 2.24) is 0 Å². The highest BCUT2D eigenvalue weighted by Gasteiger charge is 2.29. The van der Waals surface area contributed by atoms with E-state index < -0.39 is 41.8 Å². The molecule has 15 rings (SSSR count). The van der Waals surface area contributed by atoms with Crippen LogP contribution in [0.5, 0.6) is 69.0 Å². The van der Waals surface area contributed by atoms with Crippen LogP contribution in [-0.4, -0.2) is 120 Å². The monoisotopic (exact) mass is 2160 g/mol. The van der Waals surface area contributed by atoms with Crippen LogP contribution in [0.4, 0.5) is 52.7 Å². The van der Waals surface area contributed by atoms with Gasteiger partial charge in [0.2, 0.25) is 11.6 Å². The fourth-order valence-electron chi connectivity index (χ4n) is 18.3. The summed E-state index contributed by atoms with van der Waals surface area (Å²) < 4.78 is 232. The van der Waals surface area contributed by atoms with Crippen molar-refractivity contribution < 1.29 is 110 Å². The van der Waals surface area contributed by atoms with E-state index in [9.17, 15) is 52.7 Å². The van der Waals surface area contributed by atoms with Gasteiger partial charge in [0.05, 0.1) is 58.0 Å². The van der Waals surface area contributed by atoms with Crippen LogP contribution in [0.15, 0.2) is 117 Å². The highest BCUT2D eigenvalue weighted by molar-refractivity contribution is 8.00. The number of unbranched alkanes of at least 4 members (excludes halogenated alkanes) is 2. The van der Waals surface area contributed by atoms with Gasteiger partial charge in [-0.1, -0.05) is 112 Å². The van der Waals surface area contributed by atoms with Gasteiger partial charge >= 0.3 is 0 Å². The molecule has 7 saturated carbocycles. The van der Waals surface area contributed by atoms with Gasteiger partial charge in [-0.05, 0) is 355 Å². The molecule has 826 valence electrons. The topological polar surface area (TPSA) is 111 Å². The van der Waals surface area contributed by atoms with Gasteiger partial charge < -0.3 is 56.8 Å². The first kappa shape index (κ1) is 125. The van der Waals surface area contributed by atoms with Crippen LogP contribution in [0.25, 0.3) is 0 Å². The summed E-state index contributed by atoms with van der Waals surface area (Å²) in [5, 5.41) is 0.461. The number of rotatable bonds is 43. The largest absolute Gasteiger partial charge is 0.493 e. The first-order chi connectivity index (χ1) is 71.3. The van der Waals surface area contributed by atoms with Gasteiger partial charge in [-0.25, -0.2) is 43.9 Å². The lowest BCUT2D eigenvalue weighted by Gasteiger charge is -2.17. The maximum absolute atomic E-state index is 14.2. The van der Waals surface area contributed by atoms with Crippen molar-refractivity contribution in [2.24, 2.45) is 23.7 Å². The lowest BCUT2D eigenvalue weighted by atomic mass is 10.1. The molecule has 8 aromatic rings. The normalized spacial score (nSPS) is 16.0. The van der Waals surface area contributed by atoms with Crippen LogP contribution >= 0.6 is 47.0 Å². The maximum Gasteiger partial charge on any atom is 0.204 e. The number of halogens is 12. The molecule has 0 N–H and O–H groups in total. The Hall–Kier alpha value is -8.08. The van der Waals surface area contributed by atoms with Gasteiger partial charge in [-0.15, -0.1) is 47.0 Å². The first-order valence-electron chi connectivity index (χ1n) is 54.2. The van der Waals surface area contributed by atoms with Crippen molar-refractivity contribution in [2.75, 3.05) is 78.2 Å². The van der Waals surface area contributed by atoms with Crippen molar-refractivity contribution in [2.45, 2.75) is 383 Å². The Labute approximate surface area is 893 Å². The molecule has 0 bridgehead atoms. The maximum atomic E-state index is 14.2. The Kier molecular flexibility index (Phi) is 57.6. The molecule has 0 aliphatic heterocycles. The molecule has 0 aromatic heterocycles. The van der Waals surface area contributed by atoms with E-state index in [0.29, 0.717) is 167 Å². The molecule has 12 nitrogen and oxygen atoms in total. The summed E-state index contributed by atoms with van der Waals surface area (Å²) in [6, 6.07) is 27.3. The molecule has 0 saturated heterocycles. The third-order valence-electron chi connectivity index (χ3n) is 27.8. The summed E-state index contributed by atoms with van der Waals surface area (Å²) in [5.41, 5.74) is 4.00. The van der Waals surface area contributed by atoms with Gasteiger partial charge in [0.1, 0.15) is 67.2 Å².